The number of aromatic nitrogens is 4. The zero-order valence-electron chi connectivity index (χ0n) is 13.0. The molecule has 0 fully saturated rings. The molecular weight excluding hydrogens is 334 g/mol. The lowest BCUT2D eigenvalue weighted by atomic mass is 10.2. The highest BCUT2D eigenvalue weighted by Gasteiger charge is 2.10. The highest BCUT2D eigenvalue weighted by molar-refractivity contribution is 7.14. The second kappa shape index (κ2) is 6.66. The van der Waals surface area contributed by atoms with Crippen molar-refractivity contribution in [3.63, 3.8) is 0 Å². The molecule has 6 nitrogen and oxygen atoms in total. The van der Waals surface area contributed by atoms with E-state index in [1.807, 2.05) is 40.4 Å². The largest absolute Gasteiger partial charge is 0.306 e. The molecule has 3 heterocycles. The molecule has 0 saturated carbocycles. The summed E-state index contributed by atoms with van der Waals surface area (Å²) in [5, 5.41) is 5.29. The van der Waals surface area contributed by atoms with Gasteiger partial charge in [-0.3, -0.25) is 15.1 Å². The summed E-state index contributed by atoms with van der Waals surface area (Å²) in [6, 6.07) is 11.1. The molecule has 0 atom stereocenters. The average Bonchev–Trinajstić information content (AvgIpc) is 3.35. The Morgan fingerprint density at radius 2 is 1.96 bits per heavy atom. The first kappa shape index (κ1) is 15.2. The number of hydrogen-bond acceptors (Lipinski definition) is 5. The molecular formula is C18H13N5OS. The quantitative estimate of drug-likeness (QED) is 0.612. The molecule has 4 aromatic rings. The van der Waals surface area contributed by atoms with Crippen LogP contribution in [0.5, 0.6) is 0 Å². The fourth-order valence-corrected chi connectivity index (χ4v) is 3.06. The molecule has 3 aromatic heterocycles. The summed E-state index contributed by atoms with van der Waals surface area (Å²) in [5.41, 5.74) is 3.23. The molecule has 1 amide bonds. The van der Waals surface area contributed by atoms with E-state index in [0.717, 1.165) is 16.9 Å². The molecule has 0 aliphatic rings. The van der Waals surface area contributed by atoms with E-state index >= 15 is 0 Å². The van der Waals surface area contributed by atoms with Crippen LogP contribution in [0.25, 0.3) is 16.9 Å². The lowest BCUT2D eigenvalue weighted by Gasteiger charge is -2.04. The van der Waals surface area contributed by atoms with Gasteiger partial charge in [-0.2, -0.15) is 0 Å². The van der Waals surface area contributed by atoms with Crippen LogP contribution in [-0.4, -0.2) is 25.4 Å². The van der Waals surface area contributed by atoms with Crippen molar-refractivity contribution >= 4 is 22.4 Å². The van der Waals surface area contributed by atoms with Gasteiger partial charge in [-0.1, -0.05) is 0 Å². The maximum Gasteiger partial charge on any atom is 0.257 e. The molecule has 7 heteroatoms. The summed E-state index contributed by atoms with van der Waals surface area (Å²) < 4.78 is 1.88. The summed E-state index contributed by atoms with van der Waals surface area (Å²) in [6.07, 6.45) is 8.74. The number of carbonyl (C=O) groups is 1. The fraction of sp³-hybridized carbons (Fsp3) is 0. The monoisotopic (exact) mass is 347 g/mol. The van der Waals surface area contributed by atoms with E-state index in [9.17, 15) is 4.79 Å². The second-order valence-corrected chi connectivity index (χ2v) is 6.11. The molecule has 25 heavy (non-hydrogen) atoms. The molecule has 4 rings (SSSR count). The van der Waals surface area contributed by atoms with E-state index in [4.69, 9.17) is 0 Å². The number of thiazole rings is 1. The predicted octanol–water partition coefficient (Wildman–Crippen LogP) is 3.64. The molecule has 0 unspecified atom stereocenters. The van der Waals surface area contributed by atoms with Crippen LogP contribution in [0.15, 0.2) is 72.9 Å². The average molecular weight is 347 g/mol. The van der Waals surface area contributed by atoms with Crippen LogP contribution in [0.4, 0.5) is 5.13 Å². The van der Waals surface area contributed by atoms with Crippen molar-refractivity contribution in [3.05, 3.63) is 78.5 Å². The third kappa shape index (κ3) is 3.31. The van der Waals surface area contributed by atoms with Gasteiger partial charge in [-0.15, -0.1) is 11.3 Å². The molecule has 0 aliphatic carbocycles. The highest BCUT2D eigenvalue weighted by Crippen LogP contribution is 2.24. The Morgan fingerprint density at radius 1 is 1.08 bits per heavy atom. The number of imidazole rings is 1. The van der Waals surface area contributed by atoms with Gasteiger partial charge in [0.1, 0.15) is 0 Å². The normalized spacial score (nSPS) is 10.6. The Bertz CT molecular complexity index is 978. The summed E-state index contributed by atoms with van der Waals surface area (Å²) in [4.78, 5) is 24.9. The van der Waals surface area contributed by atoms with Crippen LogP contribution in [0.2, 0.25) is 0 Å². The first-order chi connectivity index (χ1) is 12.3. The first-order valence-electron chi connectivity index (χ1n) is 7.55. The third-order valence-corrected chi connectivity index (χ3v) is 4.37. The minimum atomic E-state index is -0.190. The van der Waals surface area contributed by atoms with Gasteiger partial charge in [0.05, 0.1) is 12.0 Å². The molecule has 0 radical (unpaired) electrons. The van der Waals surface area contributed by atoms with Crippen molar-refractivity contribution < 1.29 is 4.79 Å². The van der Waals surface area contributed by atoms with E-state index in [-0.39, 0.29) is 5.91 Å². The second-order valence-electron chi connectivity index (χ2n) is 5.25. The number of rotatable bonds is 4. The maximum absolute atomic E-state index is 12.4. The molecule has 0 aliphatic heterocycles. The van der Waals surface area contributed by atoms with Crippen molar-refractivity contribution in [2.24, 2.45) is 0 Å². The van der Waals surface area contributed by atoms with Gasteiger partial charge in [0.2, 0.25) is 0 Å². The molecule has 0 saturated heterocycles. The number of nitrogens with one attached hydrogen (secondary N) is 1. The van der Waals surface area contributed by atoms with Crippen LogP contribution in [0.3, 0.4) is 0 Å². The minimum absolute atomic E-state index is 0.190. The van der Waals surface area contributed by atoms with Gasteiger partial charge in [0, 0.05) is 47.0 Å². The van der Waals surface area contributed by atoms with Crippen molar-refractivity contribution in [3.8, 4) is 16.9 Å². The predicted molar refractivity (Wildman–Crippen MR) is 96.9 cm³/mol. The van der Waals surface area contributed by atoms with Crippen LogP contribution < -0.4 is 5.32 Å². The van der Waals surface area contributed by atoms with Crippen molar-refractivity contribution in [1.29, 1.82) is 0 Å². The smallest absolute Gasteiger partial charge is 0.257 e. The van der Waals surface area contributed by atoms with Crippen molar-refractivity contribution in [1.82, 2.24) is 19.5 Å². The van der Waals surface area contributed by atoms with Crippen LogP contribution in [0, 0.1) is 0 Å². The lowest BCUT2D eigenvalue weighted by Crippen LogP contribution is -2.11. The third-order valence-electron chi connectivity index (χ3n) is 3.61. The van der Waals surface area contributed by atoms with Crippen molar-refractivity contribution in [2.75, 3.05) is 5.32 Å². The Morgan fingerprint density at radius 3 is 2.68 bits per heavy atom. The SMILES string of the molecule is O=C(Nc1nc(-c2cccnc2)cs1)c1ccc(-n2ccnc2)cc1. The van der Waals surface area contributed by atoms with E-state index in [2.05, 4.69) is 20.3 Å². The number of amides is 1. The van der Waals surface area contributed by atoms with Crippen LogP contribution in [-0.2, 0) is 0 Å². The van der Waals surface area contributed by atoms with Crippen molar-refractivity contribution in [2.45, 2.75) is 0 Å². The first-order valence-corrected chi connectivity index (χ1v) is 8.43. The molecule has 122 valence electrons. The zero-order chi connectivity index (χ0) is 17.1. The summed E-state index contributed by atoms with van der Waals surface area (Å²) in [6.45, 7) is 0. The van der Waals surface area contributed by atoms with Gasteiger partial charge in [0.25, 0.3) is 5.91 Å². The number of anilines is 1. The van der Waals surface area contributed by atoms with Crippen LogP contribution in [0.1, 0.15) is 10.4 Å². The van der Waals surface area contributed by atoms with Crippen LogP contribution >= 0.6 is 11.3 Å². The van der Waals surface area contributed by atoms with Gasteiger partial charge in [-0.05, 0) is 36.4 Å². The lowest BCUT2D eigenvalue weighted by molar-refractivity contribution is 0.102. The van der Waals surface area contributed by atoms with E-state index in [1.54, 1.807) is 37.1 Å². The maximum atomic E-state index is 12.4. The minimum Gasteiger partial charge on any atom is -0.306 e. The highest BCUT2D eigenvalue weighted by atomic mass is 32.1. The van der Waals surface area contributed by atoms with Gasteiger partial charge in [-0.25, -0.2) is 9.97 Å². The standard InChI is InChI=1S/C18H13N5OS/c24-17(13-3-5-15(6-4-13)23-9-8-20-12-23)22-18-21-16(11-25-18)14-2-1-7-19-10-14/h1-12H,(H,21,22,24). The summed E-state index contributed by atoms with van der Waals surface area (Å²) >= 11 is 1.39. The Kier molecular flexibility index (Phi) is 4.05. The summed E-state index contributed by atoms with van der Waals surface area (Å²) in [7, 11) is 0. The van der Waals surface area contributed by atoms with Gasteiger partial charge in [0.15, 0.2) is 5.13 Å². The Labute approximate surface area is 147 Å². The Hall–Kier alpha value is -3.32. The Balaban J connectivity index is 1.48. The van der Waals surface area contributed by atoms with E-state index in [0.29, 0.717) is 10.7 Å². The molecule has 1 N–H and O–H groups in total. The number of carbonyl (C=O) groups excluding carboxylic acids is 1. The zero-order valence-corrected chi connectivity index (χ0v) is 13.9. The number of benzene rings is 1. The van der Waals surface area contributed by atoms with E-state index in [1.165, 1.54) is 11.3 Å². The van der Waals surface area contributed by atoms with Gasteiger partial charge < -0.3 is 4.57 Å². The summed E-state index contributed by atoms with van der Waals surface area (Å²) in [5.74, 6) is -0.190. The van der Waals surface area contributed by atoms with Gasteiger partial charge >= 0.3 is 0 Å². The fourth-order valence-electron chi connectivity index (χ4n) is 2.34. The number of nitrogens with zero attached hydrogens (tertiary/aromatic N) is 4. The topological polar surface area (TPSA) is 72.7 Å². The number of hydrogen-bond donors (Lipinski definition) is 1. The van der Waals surface area contributed by atoms with E-state index < -0.39 is 0 Å². The number of pyridine rings is 1. The molecule has 0 spiro atoms. The molecule has 1 aromatic carbocycles. The molecule has 0 bridgehead atoms.